The van der Waals surface area contributed by atoms with Crippen LogP contribution in [0.1, 0.15) is 13.3 Å². The first-order valence-corrected chi connectivity index (χ1v) is 5.93. The topological polar surface area (TPSA) is 127 Å². The molecule has 0 aliphatic heterocycles. The zero-order valence-corrected chi connectivity index (χ0v) is 9.24. The third kappa shape index (κ3) is 4.41. The van der Waals surface area contributed by atoms with Crippen LogP contribution in [0.15, 0.2) is 0 Å². The molecule has 0 aromatic heterocycles. The second-order valence-electron chi connectivity index (χ2n) is 3.30. The van der Waals surface area contributed by atoms with Crippen LogP contribution in [0.2, 0.25) is 0 Å². The Labute approximate surface area is 88.5 Å². The summed E-state index contributed by atoms with van der Waals surface area (Å²) in [7, 11) is -4.52. The number of hydrogen-bond donors (Lipinski definition) is 5. The van der Waals surface area contributed by atoms with Gasteiger partial charge in [0.1, 0.15) is 0 Å². The lowest BCUT2D eigenvalue weighted by Gasteiger charge is -2.30. The summed E-state index contributed by atoms with van der Waals surface area (Å²) in [4.78, 5) is 0. The van der Waals surface area contributed by atoms with Gasteiger partial charge < -0.3 is 20.6 Å². The number of aliphatic hydroxyl groups is 3. The first-order chi connectivity index (χ1) is 6.81. The molecule has 0 amide bonds. The van der Waals surface area contributed by atoms with Crippen molar-refractivity contribution in [3.8, 4) is 0 Å². The Kier molecular flexibility index (Phi) is 5.63. The summed E-state index contributed by atoms with van der Waals surface area (Å²) in [5, 5.41) is 29.4. The van der Waals surface area contributed by atoms with Gasteiger partial charge in [0.05, 0.1) is 18.8 Å². The number of β-amino-alcohol motifs (C(OH)–C–C–N with tert-alkyl or cyclic N) is 1. The van der Waals surface area contributed by atoms with Gasteiger partial charge in [-0.05, 0) is 6.42 Å². The number of nitrogens with one attached hydrogen (secondary N) is 1. The van der Waals surface area contributed by atoms with E-state index in [1.807, 2.05) is 0 Å². The van der Waals surface area contributed by atoms with E-state index in [2.05, 4.69) is 5.32 Å². The highest BCUT2D eigenvalue weighted by Gasteiger charge is 2.29. The summed E-state index contributed by atoms with van der Waals surface area (Å²) in [6, 6.07) is 0. The van der Waals surface area contributed by atoms with E-state index in [1.165, 1.54) is 0 Å². The van der Waals surface area contributed by atoms with Crippen LogP contribution in [0.3, 0.4) is 0 Å². The minimum absolute atomic E-state index is 0.345. The van der Waals surface area contributed by atoms with Gasteiger partial charge in [0, 0.05) is 6.54 Å². The van der Waals surface area contributed by atoms with E-state index in [0.29, 0.717) is 6.42 Å². The highest BCUT2D eigenvalue weighted by molar-refractivity contribution is 7.86. The van der Waals surface area contributed by atoms with Crippen molar-refractivity contribution in [2.75, 3.05) is 19.8 Å². The second-order valence-corrected chi connectivity index (χ2v) is 4.87. The van der Waals surface area contributed by atoms with E-state index >= 15 is 0 Å². The highest BCUT2D eigenvalue weighted by atomic mass is 32.2. The molecule has 0 aliphatic rings. The van der Waals surface area contributed by atoms with Crippen molar-refractivity contribution in [1.29, 1.82) is 0 Å². The van der Waals surface area contributed by atoms with Crippen molar-refractivity contribution < 1.29 is 28.3 Å². The Hall–Kier alpha value is -0.250. The molecule has 0 saturated carbocycles. The van der Waals surface area contributed by atoms with Gasteiger partial charge in [-0.25, -0.2) is 0 Å². The molecule has 0 spiro atoms. The molecule has 0 fully saturated rings. The van der Waals surface area contributed by atoms with Crippen molar-refractivity contribution >= 4 is 10.1 Å². The van der Waals surface area contributed by atoms with Crippen molar-refractivity contribution in [3.63, 3.8) is 0 Å². The predicted octanol–water partition coefficient (Wildman–Crippen LogP) is -2.08. The molecule has 0 aromatic carbocycles. The second kappa shape index (κ2) is 5.73. The molecule has 0 heterocycles. The third-order valence-corrected chi connectivity index (χ3v) is 3.13. The van der Waals surface area contributed by atoms with E-state index in [4.69, 9.17) is 19.9 Å². The lowest BCUT2D eigenvalue weighted by Crippen LogP contribution is -2.54. The monoisotopic (exact) mass is 243 g/mol. The first-order valence-electron chi connectivity index (χ1n) is 4.42. The Balaban J connectivity index is 4.35. The molecule has 15 heavy (non-hydrogen) atoms. The maximum Gasteiger partial charge on any atom is 0.293 e. The van der Waals surface area contributed by atoms with E-state index in [1.54, 1.807) is 6.92 Å². The average Bonchev–Trinajstić information content (AvgIpc) is 2.19. The molecule has 8 heteroatoms. The van der Waals surface area contributed by atoms with Crippen molar-refractivity contribution in [2.45, 2.75) is 24.3 Å². The van der Waals surface area contributed by atoms with Crippen LogP contribution in [0.4, 0.5) is 0 Å². The van der Waals surface area contributed by atoms with Gasteiger partial charge in [0.25, 0.3) is 10.1 Å². The van der Waals surface area contributed by atoms with Crippen molar-refractivity contribution in [1.82, 2.24) is 5.32 Å². The zero-order chi connectivity index (χ0) is 12.1. The molecule has 0 bridgehead atoms. The molecule has 0 aromatic rings. The van der Waals surface area contributed by atoms with Crippen LogP contribution < -0.4 is 5.32 Å². The normalized spacial score (nSPS) is 15.3. The number of rotatable bonds is 7. The van der Waals surface area contributed by atoms with E-state index in [-0.39, 0.29) is 0 Å². The fourth-order valence-corrected chi connectivity index (χ4v) is 1.21. The molecule has 1 atom stereocenters. The molecule has 0 aliphatic carbocycles. The average molecular weight is 243 g/mol. The zero-order valence-electron chi connectivity index (χ0n) is 8.42. The Morgan fingerprint density at radius 3 is 2.07 bits per heavy atom. The molecule has 0 radical (unpaired) electrons. The maximum absolute atomic E-state index is 10.5. The largest absolute Gasteiger partial charge is 0.394 e. The predicted molar refractivity (Wildman–Crippen MR) is 52.8 cm³/mol. The lowest BCUT2D eigenvalue weighted by molar-refractivity contribution is 0.0793. The van der Waals surface area contributed by atoms with Gasteiger partial charge >= 0.3 is 0 Å². The minimum Gasteiger partial charge on any atom is -0.394 e. The van der Waals surface area contributed by atoms with E-state index in [9.17, 15) is 8.42 Å². The lowest BCUT2D eigenvalue weighted by atomic mass is 9.99. The number of hydrogen-bond acceptors (Lipinski definition) is 6. The quantitative estimate of drug-likeness (QED) is 0.325. The molecule has 5 N–H and O–H groups in total. The standard InChI is InChI=1S/C7H17NO6S/c1-2-7(4-9,5-10)8-3-6(11)15(12,13)14/h6,8-11H,2-5H2,1H3,(H,12,13,14). The molecule has 0 rings (SSSR count). The van der Waals surface area contributed by atoms with E-state index < -0.39 is 40.9 Å². The van der Waals surface area contributed by atoms with Gasteiger partial charge in [-0.3, -0.25) is 4.55 Å². The van der Waals surface area contributed by atoms with E-state index in [0.717, 1.165) is 0 Å². The van der Waals surface area contributed by atoms with Crippen LogP contribution >= 0.6 is 0 Å². The number of aliphatic hydroxyl groups excluding tert-OH is 3. The smallest absolute Gasteiger partial charge is 0.293 e. The summed E-state index contributed by atoms with van der Waals surface area (Å²) in [6.07, 6.45) is 0.345. The van der Waals surface area contributed by atoms with Gasteiger partial charge in [-0.2, -0.15) is 8.42 Å². The molecule has 7 nitrogen and oxygen atoms in total. The van der Waals surface area contributed by atoms with Crippen LogP contribution in [-0.4, -0.2) is 59.0 Å². The maximum atomic E-state index is 10.5. The van der Waals surface area contributed by atoms with Gasteiger partial charge in [0.15, 0.2) is 5.44 Å². The van der Waals surface area contributed by atoms with Crippen molar-refractivity contribution in [2.24, 2.45) is 0 Å². The highest BCUT2D eigenvalue weighted by Crippen LogP contribution is 2.08. The summed E-state index contributed by atoms with van der Waals surface area (Å²) in [6.45, 7) is 0.406. The van der Waals surface area contributed by atoms with Gasteiger partial charge in [0.2, 0.25) is 0 Å². The Morgan fingerprint density at radius 2 is 1.80 bits per heavy atom. The first kappa shape index (κ1) is 14.8. The van der Waals surface area contributed by atoms with Crippen molar-refractivity contribution in [3.05, 3.63) is 0 Å². The fourth-order valence-electron chi connectivity index (χ4n) is 0.920. The summed E-state index contributed by atoms with van der Waals surface area (Å²) in [5.41, 5.74) is -3.02. The molecule has 0 saturated heterocycles. The van der Waals surface area contributed by atoms with Crippen LogP contribution in [0, 0.1) is 0 Å². The third-order valence-electron chi connectivity index (χ3n) is 2.28. The Bertz CT molecular complexity index is 265. The summed E-state index contributed by atoms with van der Waals surface area (Å²) in [5.74, 6) is 0. The molecular weight excluding hydrogens is 226 g/mol. The van der Waals surface area contributed by atoms with Crippen LogP contribution in [0.5, 0.6) is 0 Å². The fraction of sp³-hybridized carbons (Fsp3) is 1.00. The van der Waals surface area contributed by atoms with Gasteiger partial charge in [-0.1, -0.05) is 6.92 Å². The SMILES string of the molecule is CCC(CO)(CO)NCC(O)S(=O)(=O)O. The molecule has 1 unspecified atom stereocenters. The Morgan fingerprint density at radius 1 is 1.33 bits per heavy atom. The summed E-state index contributed by atoms with van der Waals surface area (Å²) < 4.78 is 29.4. The van der Waals surface area contributed by atoms with Crippen LogP contribution in [0.25, 0.3) is 0 Å². The van der Waals surface area contributed by atoms with Crippen LogP contribution in [-0.2, 0) is 10.1 Å². The molecule has 92 valence electrons. The minimum atomic E-state index is -4.52. The van der Waals surface area contributed by atoms with Gasteiger partial charge in [-0.15, -0.1) is 0 Å². The molecular formula is C7H17NO6S. The summed E-state index contributed by atoms with van der Waals surface area (Å²) >= 11 is 0.